The zero-order valence-electron chi connectivity index (χ0n) is 21.7. The van der Waals surface area contributed by atoms with Crippen LogP contribution in [0.3, 0.4) is 0 Å². The van der Waals surface area contributed by atoms with Crippen molar-refractivity contribution in [3.63, 3.8) is 0 Å². The van der Waals surface area contributed by atoms with Crippen LogP contribution in [0.5, 0.6) is 5.75 Å². The fourth-order valence-electron chi connectivity index (χ4n) is 3.84. The lowest BCUT2D eigenvalue weighted by molar-refractivity contribution is -0.274. The summed E-state index contributed by atoms with van der Waals surface area (Å²) in [6, 6.07) is 13.6. The van der Waals surface area contributed by atoms with Crippen LogP contribution in [0.2, 0.25) is 0 Å². The average molecular weight is 570 g/mol. The summed E-state index contributed by atoms with van der Waals surface area (Å²) in [5.74, 6) is -1.18. The molecule has 1 aromatic carbocycles. The zero-order valence-corrected chi connectivity index (χ0v) is 21.7. The highest BCUT2D eigenvalue weighted by molar-refractivity contribution is 5.92. The standard InChI is InChI=1S/C27H26F3N7O4/c28-27(29,30)41-22-8-5-6-19(14-22)17-32-26(40)23-18-37(35-34-23)12-4-3-11-36-13-9-21(16-25(36)39)33-24(38)15-20-7-1-2-10-31-20/h1-2,5-10,13-14,16,18H,3-4,11-12,15,17H2,(H,32,40)(H,33,38). The zero-order chi connectivity index (χ0) is 29.2. The van der Waals surface area contributed by atoms with Crippen molar-refractivity contribution in [3.8, 4) is 5.75 Å². The number of rotatable bonds is 12. The third-order valence-corrected chi connectivity index (χ3v) is 5.74. The van der Waals surface area contributed by atoms with E-state index in [0.29, 0.717) is 42.9 Å². The molecule has 0 atom stereocenters. The number of benzene rings is 1. The second kappa shape index (κ2) is 13.4. The smallest absolute Gasteiger partial charge is 0.406 e. The number of amides is 2. The van der Waals surface area contributed by atoms with Gasteiger partial charge in [0.2, 0.25) is 5.91 Å². The quantitative estimate of drug-likeness (QED) is 0.250. The number of ether oxygens (including phenoxy) is 1. The van der Waals surface area contributed by atoms with Gasteiger partial charge in [0.1, 0.15) is 5.75 Å². The van der Waals surface area contributed by atoms with Crippen LogP contribution in [0.25, 0.3) is 0 Å². The minimum atomic E-state index is -4.80. The Bertz CT molecular complexity index is 1540. The summed E-state index contributed by atoms with van der Waals surface area (Å²) in [6.45, 7) is 0.871. The lowest BCUT2D eigenvalue weighted by Crippen LogP contribution is -2.23. The molecule has 3 aromatic heterocycles. The van der Waals surface area contributed by atoms with Gasteiger partial charge < -0.3 is 19.9 Å². The number of pyridine rings is 2. The van der Waals surface area contributed by atoms with Crippen molar-refractivity contribution in [1.29, 1.82) is 0 Å². The molecule has 0 fully saturated rings. The first-order chi connectivity index (χ1) is 19.6. The first-order valence-electron chi connectivity index (χ1n) is 12.6. The van der Waals surface area contributed by atoms with Gasteiger partial charge in [-0.3, -0.25) is 24.0 Å². The second-order valence-electron chi connectivity index (χ2n) is 8.94. The molecule has 0 aliphatic heterocycles. The second-order valence-corrected chi connectivity index (χ2v) is 8.94. The number of carbonyl (C=O) groups is 2. The van der Waals surface area contributed by atoms with Gasteiger partial charge in [-0.1, -0.05) is 23.4 Å². The van der Waals surface area contributed by atoms with Crippen LogP contribution in [-0.2, 0) is 30.8 Å². The number of aryl methyl sites for hydroxylation is 2. The monoisotopic (exact) mass is 569 g/mol. The molecular weight excluding hydrogens is 543 g/mol. The minimum absolute atomic E-state index is 0.0256. The van der Waals surface area contributed by atoms with Crippen LogP contribution in [0.15, 0.2) is 78.0 Å². The number of hydrogen-bond acceptors (Lipinski definition) is 7. The molecule has 0 radical (unpaired) electrons. The number of nitrogens with zero attached hydrogens (tertiary/aromatic N) is 5. The van der Waals surface area contributed by atoms with Crippen molar-refractivity contribution >= 4 is 17.5 Å². The van der Waals surface area contributed by atoms with E-state index >= 15 is 0 Å². The molecule has 0 aliphatic rings. The van der Waals surface area contributed by atoms with E-state index in [-0.39, 0.29) is 35.9 Å². The van der Waals surface area contributed by atoms with Crippen molar-refractivity contribution in [1.82, 2.24) is 29.9 Å². The number of aromatic nitrogens is 5. The molecule has 0 bridgehead atoms. The topological polar surface area (TPSA) is 133 Å². The summed E-state index contributed by atoms with van der Waals surface area (Å²) in [5.41, 5.74) is 1.26. The Balaban J connectivity index is 1.19. The van der Waals surface area contributed by atoms with Crippen LogP contribution < -0.4 is 20.9 Å². The van der Waals surface area contributed by atoms with E-state index in [0.717, 1.165) is 0 Å². The molecule has 0 aliphatic carbocycles. The van der Waals surface area contributed by atoms with Gasteiger partial charge in [0, 0.05) is 49.5 Å². The maximum absolute atomic E-state index is 12.4. The van der Waals surface area contributed by atoms with Crippen LogP contribution >= 0.6 is 0 Å². The average Bonchev–Trinajstić information content (AvgIpc) is 3.40. The predicted molar refractivity (Wildman–Crippen MR) is 141 cm³/mol. The molecule has 0 saturated heterocycles. The lowest BCUT2D eigenvalue weighted by Gasteiger charge is -2.10. The Kier molecular flexibility index (Phi) is 9.45. The highest BCUT2D eigenvalue weighted by Crippen LogP contribution is 2.23. The van der Waals surface area contributed by atoms with Crippen LogP contribution in [0.4, 0.5) is 18.9 Å². The summed E-state index contributed by atoms with van der Waals surface area (Å²) in [5, 5.41) is 13.0. The van der Waals surface area contributed by atoms with Gasteiger partial charge in [0.05, 0.1) is 12.6 Å². The number of unbranched alkanes of at least 4 members (excludes halogenated alkanes) is 1. The highest BCUT2D eigenvalue weighted by Gasteiger charge is 2.31. The largest absolute Gasteiger partial charge is 0.573 e. The summed E-state index contributed by atoms with van der Waals surface area (Å²) >= 11 is 0. The van der Waals surface area contributed by atoms with Gasteiger partial charge in [-0.2, -0.15) is 0 Å². The molecule has 4 aromatic rings. The normalized spacial score (nSPS) is 11.2. The summed E-state index contributed by atoms with van der Waals surface area (Å²) < 4.78 is 44.1. The number of alkyl halides is 3. The van der Waals surface area contributed by atoms with Gasteiger partial charge in [-0.05, 0) is 48.7 Å². The lowest BCUT2D eigenvalue weighted by atomic mass is 10.2. The van der Waals surface area contributed by atoms with Crippen molar-refractivity contribution in [3.05, 3.63) is 100 Å². The van der Waals surface area contributed by atoms with Crippen LogP contribution in [-0.4, -0.2) is 42.7 Å². The summed E-state index contributed by atoms with van der Waals surface area (Å²) in [7, 11) is 0. The van der Waals surface area contributed by atoms with Crippen molar-refractivity contribution < 1.29 is 27.5 Å². The van der Waals surface area contributed by atoms with E-state index in [1.54, 1.807) is 42.7 Å². The Morgan fingerprint density at radius 3 is 2.59 bits per heavy atom. The van der Waals surface area contributed by atoms with E-state index in [1.165, 1.54) is 39.7 Å². The van der Waals surface area contributed by atoms with Gasteiger partial charge in [-0.25, -0.2) is 0 Å². The van der Waals surface area contributed by atoms with E-state index < -0.39 is 12.3 Å². The molecule has 41 heavy (non-hydrogen) atoms. The first kappa shape index (κ1) is 29.0. The molecule has 0 unspecified atom stereocenters. The van der Waals surface area contributed by atoms with Gasteiger partial charge in [-0.15, -0.1) is 18.3 Å². The van der Waals surface area contributed by atoms with Crippen molar-refractivity contribution in [2.45, 2.75) is 45.3 Å². The SMILES string of the molecule is O=C(Cc1ccccn1)Nc1ccn(CCCCn2cc(C(=O)NCc3cccc(OC(F)(F)F)c3)nn2)c(=O)c1. The Morgan fingerprint density at radius 1 is 1.00 bits per heavy atom. The molecule has 4 rings (SSSR count). The Hall–Kier alpha value is -5.01. The van der Waals surface area contributed by atoms with E-state index in [1.807, 2.05) is 0 Å². The minimum Gasteiger partial charge on any atom is -0.406 e. The highest BCUT2D eigenvalue weighted by atomic mass is 19.4. The molecule has 11 nitrogen and oxygen atoms in total. The van der Waals surface area contributed by atoms with Crippen molar-refractivity contribution in [2.24, 2.45) is 0 Å². The number of halogens is 3. The number of hydrogen-bond donors (Lipinski definition) is 2. The molecule has 214 valence electrons. The fourth-order valence-corrected chi connectivity index (χ4v) is 3.84. The maximum atomic E-state index is 12.4. The summed E-state index contributed by atoms with van der Waals surface area (Å²) in [6.07, 6.45) is 1.27. The Labute approximate surface area is 232 Å². The molecule has 2 N–H and O–H groups in total. The van der Waals surface area contributed by atoms with Gasteiger partial charge in [0.15, 0.2) is 5.69 Å². The maximum Gasteiger partial charge on any atom is 0.573 e. The predicted octanol–water partition coefficient (Wildman–Crippen LogP) is 3.33. The molecule has 2 amide bonds. The fraction of sp³-hybridized carbons (Fsp3) is 0.259. The number of anilines is 1. The van der Waals surface area contributed by atoms with E-state index in [4.69, 9.17) is 0 Å². The molecule has 14 heteroatoms. The summed E-state index contributed by atoms with van der Waals surface area (Å²) in [4.78, 5) is 41.1. The third kappa shape index (κ3) is 9.30. The molecule has 3 heterocycles. The van der Waals surface area contributed by atoms with Crippen LogP contribution in [0, 0.1) is 0 Å². The third-order valence-electron chi connectivity index (χ3n) is 5.74. The van der Waals surface area contributed by atoms with Gasteiger partial charge >= 0.3 is 6.36 Å². The first-order valence-corrected chi connectivity index (χ1v) is 12.6. The molecule has 0 spiro atoms. The molecule has 0 saturated carbocycles. The van der Waals surface area contributed by atoms with E-state index in [9.17, 15) is 27.6 Å². The number of carbonyl (C=O) groups excluding carboxylic acids is 2. The van der Waals surface area contributed by atoms with Gasteiger partial charge in [0.25, 0.3) is 11.5 Å². The van der Waals surface area contributed by atoms with Crippen molar-refractivity contribution in [2.75, 3.05) is 5.32 Å². The van der Waals surface area contributed by atoms with E-state index in [2.05, 4.69) is 30.7 Å². The Morgan fingerprint density at radius 2 is 1.83 bits per heavy atom. The molecular formula is C27H26F3N7O4. The number of nitrogens with one attached hydrogen (secondary N) is 2. The van der Waals surface area contributed by atoms with Crippen LogP contribution in [0.1, 0.15) is 34.6 Å².